The second-order valence-corrected chi connectivity index (χ2v) is 7.01. The normalized spacial score (nSPS) is 12.5. The lowest BCUT2D eigenvalue weighted by Crippen LogP contribution is -2.27. The van der Waals surface area contributed by atoms with Crippen LogP contribution in [-0.4, -0.2) is 21.4 Å². The van der Waals surface area contributed by atoms with E-state index in [1.165, 1.54) is 32.2 Å². The molecule has 0 fully saturated rings. The molecule has 128 valence electrons. The average Bonchev–Trinajstić information content (AvgIpc) is 2.54. The highest BCUT2D eigenvalue weighted by Crippen LogP contribution is 2.28. The molecule has 0 aliphatic heterocycles. The number of ether oxygens (including phenoxy) is 1. The van der Waals surface area contributed by atoms with Gasteiger partial charge in [0, 0.05) is 13.0 Å². The molecular formula is C17H20N2O4S. The zero-order valence-corrected chi connectivity index (χ0v) is 14.6. The van der Waals surface area contributed by atoms with Crippen molar-refractivity contribution in [3.8, 4) is 5.75 Å². The Morgan fingerprint density at radius 3 is 2.38 bits per heavy atom. The number of benzene rings is 2. The van der Waals surface area contributed by atoms with Crippen LogP contribution in [0.3, 0.4) is 0 Å². The van der Waals surface area contributed by atoms with Gasteiger partial charge in [-0.2, -0.15) is 0 Å². The highest BCUT2D eigenvalue weighted by atomic mass is 32.2. The third-order valence-corrected chi connectivity index (χ3v) is 4.96. The van der Waals surface area contributed by atoms with Gasteiger partial charge in [-0.3, -0.25) is 4.79 Å². The van der Waals surface area contributed by atoms with Gasteiger partial charge in [0.15, 0.2) is 0 Å². The summed E-state index contributed by atoms with van der Waals surface area (Å²) in [5, 5.41) is 2.57. The van der Waals surface area contributed by atoms with Crippen LogP contribution in [0.2, 0.25) is 0 Å². The number of methoxy groups -OCH3 is 1. The molecule has 0 saturated carbocycles. The van der Waals surface area contributed by atoms with Crippen molar-refractivity contribution in [2.45, 2.75) is 24.8 Å². The third-order valence-electron chi connectivity index (χ3n) is 3.42. The lowest BCUT2D eigenvalue weighted by molar-refractivity contribution is -0.114. The molecule has 1 atom stereocenters. The van der Waals surface area contributed by atoms with Crippen molar-refractivity contribution in [1.82, 2.24) is 4.72 Å². The van der Waals surface area contributed by atoms with Crippen molar-refractivity contribution in [1.29, 1.82) is 0 Å². The summed E-state index contributed by atoms with van der Waals surface area (Å²) < 4.78 is 32.9. The molecule has 0 aromatic heterocycles. The van der Waals surface area contributed by atoms with Gasteiger partial charge in [-0.25, -0.2) is 13.1 Å². The number of anilines is 1. The van der Waals surface area contributed by atoms with E-state index in [1.54, 1.807) is 6.92 Å². The number of nitrogens with one attached hydrogen (secondary N) is 2. The van der Waals surface area contributed by atoms with Crippen molar-refractivity contribution >= 4 is 21.6 Å². The summed E-state index contributed by atoms with van der Waals surface area (Å²) in [5.41, 5.74) is 1.16. The van der Waals surface area contributed by atoms with E-state index in [2.05, 4.69) is 10.0 Å². The largest absolute Gasteiger partial charge is 0.495 e. The van der Waals surface area contributed by atoms with E-state index in [-0.39, 0.29) is 16.8 Å². The smallest absolute Gasteiger partial charge is 0.241 e. The SMILES string of the molecule is COc1ccc(S(=O)(=O)NC(C)c2ccccc2)cc1NC(C)=O. The summed E-state index contributed by atoms with van der Waals surface area (Å²) in [5.74, 6) is 0.0775. The first-order chi connectivity index (χ1) is 11.3. The summed E-state index contributed by atoms with van der Waals surface area (Å²) in [7, 11) is -2.30. The van der Waals surface area contributed by atoms with E-state index in [0.717, 1.165) is 5.56 Å². The van der Waals surface area contributed by atoms with Gasteiger partial charge < -0.3 is 10.1 Å². The molecule has 2 aromatic rings. The molecular weight excluding hydrogens is 328 g/mol. The predicted molar refractivity (Wildman–Crippen MR) is 92.5 cm³/mol. The molecule has 0 bridgehead atoms. The number of carbonyl (C=O) groups excluding carboxylic acids is 1. The zero-order chi connectivity index (χ0) is 17.7. The fourth-order valence-electron chi connectivity index (χ4n) is 2.25. The monoisotopic (exact) mass is 348 g/mol. The minimum atomic E-state index is -3.75. The first-order valence-corrected chi connectivity index (χ1v) is 8.84. The van der Waals surface area contributed by atoms with Gasteiger partial charge in [-0.15, -0.1) is 0 Å². The molecule has 7 heteroatoms. The molecule has 2 aromatic carbocycles. The van der Waals surface area contributed by atoms with E-state index in [9.17, 15) is 13.2 Å². The van der Waals surface area contributed by atoms with Crippen LogP contribution in [-0.2, 0) is 14.8 Å². The van der Waals surface area contributed by atoms with Gasteiger partial charge in [0.25, 0.3) is 0 Å². The van der Waals surface area contributed by atoms with Gasteiger partial charge >= 0.3 is 0 Å². The van der Waals surface area contributed by atoms with Gasteiger partial charge in [-0.1, -0.05) is 30.3 Å². The molecule has 0 spiro atoms. The molecule has 6 nitrogen and oxygen atoms in total. The predicted octanol–water partition coefficient (Wildman–Crippen LogP) is 2.69. The first-order valence-electron chi connectivity index (χ1n) is 7.36. The Morgan fingerprint density at radius 2 is 1.79 bits per heavy atom. The number of sulfonamides is 1. The molecule has 0 radical (unpaired) electrons. The second-order valence-electron chi connectivity index (χ2n) is 5.30. The van der Waals surface area contributed by atoms with Gasteiger partial charge in [0.1, 0.15) is 5.75 Å². The number of carbonyl (C=O) groups is 1. The Morgan fingerprint density at radius 1 is 1.12 bits per heavy atom. The minimum absolute atomic E-state index is 0.0508. The van der Waals surface area contributed by atoms with Crippen LogP contribution in [0, 0.1) is 0 Å². The molecule has 1 unspecified atom stereocenters. The molecule has 0 aliphatic carbocycles. The fraction of sp³-hybridized carbons (Fsp3) is 0.235. The zero-order valence-electron chi connectivity index (χ0n) is 13.7. The van der Waals surface area contributed by atoms with Crippen LogP contribution >= 0.6 is 0 Å². The maximum Gasteiger partial charge on any atom is 0.241 e. The lowest BCUT2D eigenvalue weighted by Gasteiger charge is -2.16. The number of rotatable bonds is 6. The number of hydrogen-bond acceptors (Lipinski definition) is 4. The highest BCUT2D eigenvalue weighted by Gasteiger charge is 2.20. The third kappa shape index (κ3) is 4.33. The van der Waals surface area contributed by atoms with Crippen LogP contribution in [0.1, 0.15) is 25.5 Å². The standard InChI is InChI=1S/C17H20N2O4S/c1-12(14-7-5-4-6-8-14)19-24(21,22)15-9-10-17(23-3)16(11-15)18-13(2)20/h4-12,19H,1-3H3,(H,18,20). The molecule has 24 heavy (non-hydrogen) atoms. The van der Waals surface area contributed by atoms with Gasteiger partial charge in [0.2, 0.25) is 15.9 Å². The van der Waals surface area contributed by atoms with Crippen molar-refractivity contribution in [3.63, 3.8) is 0 Å². The van der Waals surface area contributed by atoms with E-state index in [0.29, 0.717) is 11.4 Å². The second kappa shape index (κ2) is 7.46. The highest BCUT2D eigenvalue weighted by molar-refractivity contribution is 7.89. The Bertz CT molecular complexity index is 820. The Hall–Kier alpha value is -2.38. The van der Waals surface area contributed by atoms with Crippen molar-refractivity contribution in [3.05, 3.63) is 54.1 Å². The van der Waals surface area contributed by atoms with Gasteiger partial charge in [-0.05, 0) is 30.7 Å². The molecule has 0 aliphatic rings. The van der Waals surface area contributed by atoms with E-state index >= 15 is 0 Å². The summed E-state index contributed by atoms with van der Waals surface area (Å²) in [6, 6.07) is 13.2. The number of amides is 1. The van der Waals surface area contributed by atoms with E-state index in [4.69, 9.17) is 4.74 Å². The van der Waals surface area contributed by atoms with Crippen LogP contribution in [0.25, 0.3) is 0 Å². The van der Waals surface area contributed by atoms with Crippen LogP contribution in [0.15, 0.2) is 53.4 Å². The molecule has 2 N–H and O–H groups in total. The quantitative estimate of drug-likeness (QED) is 0.840. The van der Waals surface area contributed by atoms with Crippen molar-refractivity contribution in [2.75, 3.05) is 12.4 Å². The fourth-order valence-corrected chi connectivity index (χ4v) is 3.51. The van der Waals surface area contributed by atoms with Crippen LogP contribution in [0.5, 0.6) is 5.75 Å². The van der Waals surface area contributed by atoms with E-state index in [1.807, 2.05) is 30.3 Å². The Kier molecular flexibility index (Phi) is 5.58. The van der Waals surface area contributed by atoms with Crippen LogP contribution in [0.4, 0.5) is 5.69 Å². The van der Waals surface area contributed by atoms with Crippen molar-refractivity contribution in [2.24, 2.45) is 0 Å². The Labute approximate surface area is 141 Å². The molecule has 0 heterocycles. The topological polar surface area (TPSA) is 84.5 Å². The molecule has 2 rings (SSSR count). The Balaban J connectivity index is 2.30. The van der Waals surface area contributed by atoms with Crippen LogP contribution < -0.4 is 14.8 Å². The first kappa shape index (κ1) is 18.0. The number of hydrogen-bond donors (Lipinski definition) is 2. The molecule has 0 saturated heterocycles. The average molecular weight is 348 g/mol. The summed E-state index contributed by atoms with van der Waals surface area (Å²) in [4.78, 5) is 11.3. The molecule has 1 amide bonds. The summed E-state index contributed by atoms with van der Waals surface area (Å²) in [6.07, 6.45) is 0. The lowest BCUT2D eigenvalue weighted by atomic mass is 10.1. The summed E-state index contributed by atoms with van der Waals surface area (Å²) in [6.45, 7) is 3.11. The maximum absolute atomic E-state index is 12.6. The minimum Gasteiger partial charge on any atom is -0.495 e. The summed E-state index contributed by atoms with van der Waals surface area (Å²) >= 11 is 0. The van der Waals surface area contributed by atoms with E-state index < -0.39 is 10.0 Å². The van der Waals surface area contributed by atoms with Gasteiger partial charge in [0.05, 0.1) is 17.7 Å². The van der Waals surface area contributed by atoms with Crippen molar-refractivity contribution < 1.29 is 17.9 Å². The maximum atomic E-state index is 12.6.